The van der Waals surface area contributed by atoms with Crippen molar-refractivity contribution in [3.63, 3.8) is 0 Å². The first-order chi connectivity index (χ1) is 17.1. The van der Waals surface area contributed by atoms with E-state index in [4.69, 9.17) is 4.98 Å². The normalized spacial score (nSPS) is 18.8. The first-order valence-corrected chi connectivity index (χ1v) is 12.1. The lowest BCUT2D eigenvalue weighted by atomic mass is 10.0. The standard InChI is InChI=1S/C26H25N7O2/c1-16(13-34)32-15-28-30-24(32)21-3-2-4-23(29-21)33-25(35)19-11-18(7-8-20(19)26(33)9-10-26)31-12-22(27-14-31)17-5-6-17/h2-4,7-8,11-12,14-17,34H,5-6,9-10,13H2,1H3/t16-/m1/s1. The topological polar surface area (TPSA) is 102 Å². The minimum absolute atomic E-state index is 0.0308. The molecule has 1 atom stereocenters. The lowest BCUT2D eigenvalue weighted by Crippen LogP contribution is -2.34. The largest absolute Gasteiger partial charge is 0.394 e. The van der Waals surface area contributed by atoms with E-state index in [-0.39, 0.29) is 24.1 Å². The van der Waals surface area contributed by atoms with Crippen molar-refractivity contribution in [2.24, 2.45) is 0 Å². The third-order valence-electron chi connectivity index (χ3n) is 7.49. The number of nitrogens with zero attached hydrogens (tertiary/aromatic N) is 7. The molecule has 2 fully saturated rings. The number of hydrogen-bond donors (Lipinski definition) is 1. The molecular formula is C26H25N7O2. The Morgan fingerprint density at radius 2 is 2.03 bits per heavy atom. The van der Waals surface area contributed by atoms with Crippen LogP contribution in [0, 0.1) is 0 Å². The summed E-state index contributed by atoms with van der Waals surface area (Å²) < 4.78 is 3.81. The number of fused-ring (bicyclic) bond motifs is 2. The first kappa shape index (κ1) is 20.5. The molecule has 1 aliphatic heterocycles. The molecule has 4 aromatic rings. The quantitative estimate of drug-likeness (QED) is 0.465. The lowest BCUT2D eigenvalue weighted by Gasteiger charge is -2.24. The van der Waals surface area contributed by atoms with E-state index in [1.807, 2.05) is 47.0 Å². The zero-order valence-electron chi connectivity index (χ0n) is 19.4. The Labute approximate surface area is 202 Å². The van der Waals surface area contributed by atoms with Gasteiger partial charge in [-0.05, 0) is 62.4 Å². The molecule has 7 rings (SSSR count). The van der Waals surface area contributed by atoms with E-state index >= 15 is 0 Å². The van der Waals surface area contributed by atoms with Gasteiger partial charge in [-0.1, -0.05) is 12.1 Å². The van der Waals surface area contributed by atoms with Gasteiger partial charge in [-0.25, -0.2) is 9.97 Å². The molecule has 35 heavy (non-hydrogen) atoms. The van der Waals surface area contributed by atoms with Crippen LogP contribution >= 0.6 is 0 Å². The molecule has 3 aromatic heterocycles. The van der Waals surface area contributed by atoms with Crippen LogP contribution in [-0.2, 0) is 5.54 Å². The third-order valence-corrected chi connectivity index (χ3v) is 7.49. The maximum atomic E-state index is 13.8. The van der Waals surface area contributed by atoms with Crippen molar-refractivity contribution in [1.29, 1.82) is 0 Å². The number of benzene rings is 1. The Morgan fingerprint density at radius 3 is 2.80 bits per heavy atom. The summed E-state index contributed by atoms with van der Waals surface area (Å²) in [5.74, 6) is 1.72. The summed E-state index contributed by atoms with van der Waals surface area (Å²) in [6, 6.07) is 11.6. The van der Waals surface area contributed by atoms with Gasteiger partial charge in [-0.3, -0.25) is 9.69 Å². The van der Waals surface area contributed by atoms with Gasteiger partial charge >= 0.3 is 0 Å². The smallest absolute Gasteiger partial charge is 0.260 e. The molecular weight excluding hydrogens is 442 g/mol. The second-order valence-corrected chi connectivity index (χ2v) is 9.86. The van der Waals surface area contributed by atoms with Crippen LogP contribution in [0.1, 0.15) is 66.2 Å². The van der Waals surface area contributed by atoms with E-state index in [2.05, 4.69) is 33.5 Å². The van der Waals surface area contributed by atoms with E-state index in [1.165, 1.54) is 12.8 Å². The maximum Gasteiger partial charge on any atom is 0.260 e. The molecule has 0 radical (unpaired) electrons. The number of aliphatic hydroxyl groups is 1. The fraction of sp³-hybridized carbons (Fsp3) is 0.346. The lowest BCUT2D eigenvalue weighted by molar-refractivity contribution is 0.0988. The highest BCUT2D eigenvalue weighted by atomic mass is 16.3. The van der Waals surface area contributed by atoms with Crippen molar-refractivity contribution in [2.45, 2.75) is 50.1 Å². The fourth-order valence-corrected chi connectivity index (χ4v) is 5.22. The van der Waals surface area contributed by atoms with E-state index < -0.39 is 0 Å². The number of anilines is 1. The average Bonchev–Trinajstić information content (AvgIpc) is 3.76. The van der Waals surface area contributed by atoms with Crippen LogP contribution in [0.4, 0.5) is 5.82 Å². The van der Waals surface area contributed by atoms with Gasteiger partial charge < -0.3 is 14.2 Å². The number of rotatable bonds is 6. The predicted molar refractivity (Wildman–Crippen MR) is 128 cm³/mol. The van der Waals surface area contributed by atoms with Gasteiger partial charge in [-0.2, -0.15) is 0 Å². The van der Waals surface area contributed by atoms with Crippen LogP contribution in [-0.4, -0.2) is 46.9 Å². The molecule has 1 amide bonds. The molecule has 0 bridgehead atoms. The summed E-state index contributed by atoms with van der Waals surface area (Å²) in [5, 5.41) is 17.8. The zero-order valence-corrected chi connectivity index (χ0v) is 19.4. The highest BCUT2D eigenvalue weighted by molar-refractivity contribution is 6.12. The minimum atomic E-state index is -0.337. The fourth-order valence-electron chi connectivity index (χ4n) is 5.22. The van der Waals surface area contributed by atoms with E-state index in [0.717, 1.165) is 35.3 Å². The summed E-state index contributed by atoms with van der Waals surface area (Å²) in [4.78, 5) is 25.0. The maximum absolute atomic E-state index is 13.8. The molecule has 1 spiro atoms. The molecule has 176 valence electrons. The Morgan fingerprint density at radius 1 is 1.17 bits per heavy atom. The predicted octanol–water partition coefficient (Wildman–Crippen LogP) is 3.61. The van der Waals surface area contributed by atoms with Crippen molar-refractivity contribution >= 4 is 11.7 Å². The molecule has 0 saturated heterocycles. The van der Waals surface area contributed by atoms with Gasteiger partial charge in [0.25, 0.3) is 5.91 Å². The van der Waals surface area contributed by atoms with Gasteiger partial charge in [-0.15, -0.1) is 10.2 Å². The number of aliphatic hydroxyl groups excluding tert-OH is 1. The summed E-state index contributed by atoms with van der Waals surface area (Å²) in [6.45, 7) is 1.86. The van der Waals surface area contributed by atoms with Gasteiger partial charge in [0, 0.05) is 23.4 Å². The van der Waals surface area contributed by atoms with E-state index in [0.29, 0.717) is 23.3 Å². The number of hydrogen-bond acceptors (Lipinski definition) is 6. The van der Waals surface area contributed by atoms with Crippen molar-refractivity contribution in [3.05, 3.63) is 72.1 Å². The SMILES string of the molecule is C[C@H](CO)n1cnnc1-c1cccc(N2C(=O)c3cc(-n4cnc(C5CC5)c4)ccc3C23CC3)n1. The summed E-state index contributed by atoms with van der Waals surface area (Å²) in [5.41, 5.74) is 4.15. The molecule has 1 aromatic carbocycles. The molecule has 3 aliphatic rings. The van der Waals surface area contributed by atoms with Gasteiger partial charge in [0.05, 0.1) is 30.2 Å². The van der Waals surface area contributed by atoms with Crippen molar-refractivity contribution in [1.82, 2.24) is 29.3 Å². The highest BCUT2D eigenvalue weighted by Gasteiger charge is 2.59. The third kappa shape index (κ3) is 3.07. The van der Waals surface area contributed by atoms with Gasteiger partial charge in [0.1, 0.15) is 17.8 Å². The molecule has 0 unspecified atom stereocenters. The average molecular weight is 468 g/mol. The summed E-state index contributed by atoms with van der Waals surface area (Å²) >= 11 is 0. The molecule has 9 nitrogen and oxygen atoms in total. The monoisotopic (exact) mass is 467 g/mol. The highest BCUT2D eigenvalue weighted by Crippen LogP contribution is 2.57. The number of carbonyl (C=O) groups is 1. The molecule has 4 heterocycles. The first-order valence-electron chi connectivity index (χ1n) is 12.1. The zero-order chi connectivity index (χ0) is 23.7. The molecule has 9 heteroatoms. The van der Waals surface area contributed by atoms with Crippen LogP contribution in [0.5, 0.6) is 0 Å². The van der Waals surface area contributed by atoms with Crippen molar-refractivity contribution in [2.75, 3.05) is 11.5 Å². The second-order valence-electron chi connectivity index (χ2n) is 9.86. The van der Waals surface area contributed by atoms with E-state index in [9.17, 15) is 9.90 Å². The molecule has 1 N–H and O–H groups in total. The minimum Gasteiger partial charge on any atom is -0.394 e. The molecule has 2 saturated carbocycles. The van der Waals surface area contributed by atoms with E-state index in [1.54, 1.807) is 10.9 Å². The summed E-state index contributed by atoms with van der Waals surface area (Å²) in [6.07, 6.45) is 9.75. The number of imidazole rings is 1. The van der Waals surface area contributed by atoms with Gasteiger partial charge in [0.2, 0.25) is 0 Å². The molecule has 2 aliphatic carbocycles. The summed E-state index contributed by atoms with van der Waals surface area (Å²) in [7, 11) is 0. The Bertz CT molecular complexity index is 1460. The number of pyridine rings is 1. The van der Waals surface area contributed by atoms with Crippen LogP contribution in [0.3, 0.4) is 0 Å². The van der Waals surface area contributed by atoms with Crippen molar-refractivity contribution < 1.29 is 9.90 Å². The Kier molecular flexibility index (Phi) is 4.29. The number of carbonyl (C=O) groups excluding carboxylic acids is 1. The van der Waals surface area contributed by atoms with Crippen LogP contribution < -0.4 is 4.90 Å². The van der Waals surface area contributed by atoms with Crippen LogP contribution in [0.25, 0.3) is 17.2 Å². The van der Waals surface area contributed by atoms with Crippen LogP contribution in [0.15, 0.2) is 55.2 Å². The van der Waals surface area contributed by atoms with Crippen LogP contribution in [0.2, 0.25) is 0 Å². The number of aromatic nitrogens is 6. The van der Waals surface area contributed by atoms with Crippen molar-refractivity contribution in [3.8, 4) is 17.2 Å². The Balaban J connectivity index is 1.26. The van der Waals surface area contributed by atoms with Gasteiger partial charge in [0.15, 0.2) is 5.82 Å². The Hall–Kier alpha value is -3.85. The number of amides is 1. The second kappa shape index (κ2) is 7.32.